The molecule has 0 saturated heterocycles. The number of amides is 1. The third-order valence-corrected chi connectivity index (χ3v) is 3.08. The van der Waals surface area contributed by atoms with Gasteiger partial charge in [0.15, 0.2) is 11.0 Å². The van der Waals surface area contributed by atoms with Crippen LogP contribution in [0.3, 0.4) is 0 Å². The Bertz CT molecular complexity index is 604. The predicted octanol–water partition coefficient (Wildman–Crippen LogP) is 3.69. The highest BCUT2D eigenvalue weighted by molar-refractivity contribution is 6.42. The lowest BCUT2D eigenvalue weighted by atomic mass is 10.2. The number of anilines is 1. The van der Waals surface area contributed by atoms with Crippen molar-refractivity contribution in [1.29, 1.82) is 0 Å². The van der Waals surface area contributed by atoms with E-state index in [0.29, 0.717) is 15.6 Å². The molecular weight excluding hydrogens is 296 g/mol. The average Bonchev–Trinajstić information content (AvgIpc) is 2.35. The topological polar surface area (TPSA) is 54.9 Å². The second-order valence-corrected chi connectivity index (χ2v) is 4.45. The Morgan fingerprint density at radius 1 is 1.06 bits per heavy atom. The largest absolute Gasteiger partial charge is 0.304 e. The summed E-state index contributed by atoms with van der Waals surface area (Å²) in [6.45, 7) is 0. The molecule has 0 radical (unpaired) electrons. The molecule has 2 aromatic rings. The molecule has 0 atom stereocenters. The fourth-order valence-corrected chi connectivity index (χ4v) is 1.67. The van der Waals surface area contributed by atoms with E-state index in [9.17, 15) is 4.79 Å². The van der Waals surface area contributed by atoms with Crippen LogP contribution in [0, 0.1) is 0 Å². The summed E-state index contributed by atoms with van der Waals surface area (Å²) in [5, 5.41) is 3.32. The van der Waals surface area contributed by atoms with Crippen LogP contribution in [-0.4, -0.2) is 15.9 Å². The lowest BCUT2D eigenvalue weighted by Gasteiger charge is -2.05. The van der Waals surface area contributed by atoms with Crippen molar-refractivity contribution in [3.63, 3.8) is 0 Å². The van der Waals surface area contributed by atoms with Gasteiger partial charge in [0.25, 0.3) is 5.91 Å². The minimum Gasteiger partial charge on any atom is -0.304 e. The van der Waals surface area contributed by atoms with E-state index in [2.05, 4.69) is 15.3 Å². The number of nitrogens with zero attached hydrogens (tertiary/aromatic N) is 2. The fourth-order valence-electron chi connectivity index (χ4n) is 1.22. The molecule has 0 spiro atoms. The number of hydrogen-bond donors (Lipinski definition) is 1. The third-order valence-electron chi connectivity index (χ3n) is 2.07. The molecule has 1 N–H and O–H groups in total. The summed E-state index contributed by atoms with van der Waals surface area (Å²) < 4.78 is 0. The summed E-state index contributed by atoms with van der Waals surface area (Å²) in [4.78, 5) is 19.6. The monoisotopic (exact) mass is 301 g/mol. The first-order chi connectivity index (χ1) is 8.58. The summed E-state index contributed by atoms with van der Waals surface area (Å²) in [6, 6.07) is 4.55. The number of halogens is 3. The predicted molar refractivity (Wildman–Crippen MR) is 71.5 cm³/mol. The van der Waals surface area contributed by atoms with Gasteiger partial charge in [0, 0.05) is 18.0 Å². The normalized spacial score (nSPS) is 10.2. The first-order valence-electron chi connectivity index (χ1n) is 4.81. The molecule has 4 nitrogen and oxygen atoms in total. The molecule has 18 heavy (non-hydrogen) atoms. The molecule has 0 saturated carbocycles. The van der Waals surface area contributed by atoms with E-state index in [1.807, 2.05) is 0 Å². The number of aromatic nitrogens is 2. The maximum Gasteiger partial charge on any atom is 0.256 e. The van der Waals surface area contributed by atoms with Gasteiger partial charge in [-0.3, -0.25) is 4.79 Å². The quantitative estimate of drug-likeness (QED) is 0.920. The minimum atomic E-state index is -0.393. The average molecular weight is 303 g/mol. The Labute approximate surface area is 118 Å². The Balaban J connectivity index is 2.22. The van der Waals surface area contributed by atoms with Gasteiger partial charge in [0.2, 0.25) is 0 Å². The molecule has 7 heteroatoms. The zero-order valence-electron chi connectivity index (χ0n) is 8.82. The summed E-state index contributed by atoms with van der Waals surface area (Å²) in [5.74, 6) is -0.203. The van der Waals surface area contributed by atoms with E-state index in [1.165, 1.54) is 24.5 Å². The number of rotatable bonds is 2. The van der Waals surface area contributed by atoms with Crippen LogP contribution in [0.1, 0.15) is 10.4 Å². The lowest BCUT2D eigenvalue weighted by Crippen LogP contribution is -2.13. The minimum absolute atomic E-state index is 0.117. The molecule has 0 fully saturated rings. The van der Waals surface area contributed by atoms with Crippen molar-refractivity contribution in [1.82, 2.24) is 9.97 Å². The summed E-state index contributed by atoms with van der Waals surface area (Å²) in [5.41, 5.74) is 0.353. The van der Waals surface area contributed by atoms with Gasteiger partial charge in [-0.1, -0.05) is 34.8 Å². The van der Waals surface area contributed by atoms with Crippen molar-refractivity contribution in [3.8, 4) is 0 Å². The molecule has 92 valence electrons. The standard InChI is InChI=1S/C11H6Cl3N3O/c12-7-2-1-6(5-8(7)13)11(18)17-10-9(14)15-3-4-16-10/h1-5H,(H,16,17,18). The maximum atomic E-state index is 11.9. The van der Waals surface area contributed by atoms with Crippen LogP contribution in [-0.2, 0) is 0 Å². The van der Waals surface area contributed by atoms with Gasteiger partial charge < -0.3 is 5.32 Å². The summed E-state index contributed by atoms with van der Waals surface area (Å²) >= 11 is 17.4. The van der Waals surface area contributed by atoms with Gasteiger partial charge in [-0.15, -0.1) is 0 Å². The van der Waals surface area contributed by atoms with Gasteiger partial charge in [-0.2, -0.15) is 0 Å². The molecule has 1 amide bonds. The second-order valence-electron chi connectivity index (χ2n) is 3.28. The Morgan fingerprint density at radius 3 is 2.44 bits per heavy atom. The van der Waals surface area contributed by atoms with Gasteiger partial charge in [-0.25, -0.2) is 9.97 Å². The third kappa shape index (κ3) is 2.90. The fraction of sp³-hybridized carbons (Fsp3) is 0. The SMILES string of the molecule is O=C(Nc1nccnc1Cl)c1ccc(Cl)c(Cl)c1. The molecule has 0 aliphatic rings. The van der Waals surface area contributed by atoms with Gasteiger partial charge in [-0.05, 0) is 18.2 Å². The van der Waals surface area contributed by atoms with E-state index in [-0.39, 0.29) is 11.0 Å². The number of benzene rings is 1. The first kappa shape index (κ1) is 13.1. The van der Waals surface area contributed by atoms with Crippen molar-refractivity contribution in [3.05, 3.63) is 51.4 Å². The molecule has 0 aliphatic carbocycles. The van der Waals surface area contributed by atoms with Crippen LogP contribution < -0.4 is 5.32 Å². The van der Waals surface area contributed by atoms with Crippen LogP contribution in [0.2, 0.25) is 15.2 Å². The molecular formula is C11H6Cl3N3O. The van der Waals surface area contributed by atoms with E-state index >= 15 is 0 Å². The molecule has 0 unspecified atom stereocenters. The van der Waals surface area contributed by atoms with Gasteiger partial charge >= 0.3 is 0 Å². The summed E-state index contributed by atoms with van der Waals surface area (Å²) in [7, 11) is 0. The van der Waals surface area contributed by atoms with Crippen LogP contribution in [0.25, 0.3) is 0 Å². The molecule has 1 aromatic carbocycles. The molecule has 1 aromatic heterocycles. The van der Waals surface area contributed by atoms with Crippen LogP contribution in [0.5, 0.6) is 0 Å². The molecule has 2 rings (SSSR count). The molecule has 0 aliphatic heterocycles. The van der Waals surface area contributed by atoms with Gasteiger partial charge in [0.1, 0.15) is 0 Å². The van der Waals surface area contributed by atoms with Crippen LogP contribution >= 0.6 is 34.8 Å². The van der Waals surface area contributed by atoms with E-state index in [0.717, 1.165) is 0 Å². The Morgan fingerprint density at radius 2 is 1.78 bits per heavy atom. The maximum absolute atomic E-state index is 11.9. The number of nitrogens with one attached hydrogen (secondary N) is 1. The smallest absolute Gasteiger partial charge is 0.256 e. The van der Waals surface area contributed by atoms with E-state index in [1.54, 1.807) is 6.07 Å². The summed E-state index contributed by atoms with van der Waals surface area (Å²) in [6.07, 6.45) is 2.85. The highest BCUT2D eigenvalue weighted by atomic mass is 35.5. The van der Waals surface area contributed by atoms with Gasteiger partial charge in [0.05, 0.1) is 10.0 Å². The van der Waals surface area contributed by atoms with E-state index in [4.69, 9.17) is 34.8 Å². The van der Waals surface area contributed by atoms with Crippen molar-refractivity contribution in [2.75, 3.05) is 5.32 Å². The molecule has 0 bridgehead atoms. The number of hydrogen-bond acceptors (Lipinski definition) is 3. The van der Waals surface area contributed by atoms with Crippen molar-refractivity contribution >= 4 is 46.5 Å². The molecule has 1 heterocycles. The van der Waals surface area contributed by atoms with Crippen molar-refractivity contribution in [2.24, 2.45) is 0 Å². The number of carbonyl (C=O) groups is 1. The Kier molecular flexibility index (Phi) is 4.01. The zero-order chi connectivity index (χ0) is 13.1. The van der Waals surface area contributed by atoms with Crippen molar-refractivity contribution < 1.29 is 4.79 Å². The second kappa shape index (κ2) is 5.52. The van der Waals surface area contributed by atoms with E-state index < -0.39 is 5.91 Å². The number of carbonyl (C=O) groups excluding carboxylic acids is 1. The van der Waals surface area contributed by atoms with Crippen molar-refractivity contribution in [2.45, 2.75) is 0 Å². The van der Waals surface area contributed by atoms with Crippen LogP contribution in [0.4, 0.5) is 5.82 Å². The lowest BCUT2D eigenvalue weighted by molar-refractivity contribution is 0.102. The zero-order valence-corrected chi connectivity index (χ0v) is 11.1. The Hall–Kier alpha value is -1.36. The first-order valence-corrected chi connectivity index (χ1v) is 5.94. The highest BCUT2D eigenvalue weighted by Crippen LogP contribution is 2.23. The highest BCUT2D eigenvalue weighted by Gasteiger charge is 2.11. The van der Waals surface area contributed by atoms with Crippen LogP contribution in [0.15, 0.2) is 30.6 Å².